The second-order valence-electron chi connectivity index (χ2n) is 11.0. The van der Waals surface area contributed by atoms with E-state index in [1.165, 1.54) is 31.4 Å². The molecule has 1 saturated heterocycles. The van der Waals surface area contributed by atoms with Gasteiger partial charge in [0.05, 0.1) is 41.8 Å². The van der Waals surface area contributed by atoms with Crippen LogP contribution in [0.4, 0.5) is 5.69 Å². The Morgan fingerprint density at radius 1 is 1.21 bits per heavy atom. The minimum Gasteiger partial charge on any atom is -0.490 e. The predicted octanol–water partition coefficient (Wildman–Crippen LogP) is 5.31. The molecule has 0 bridgehead atoms. The third kappa shape index (κ3) is 4.24. The molecule has 0 spiro atoms. The number of carbonyl (C=O) groups excluding carboxylic acids is 3. The number of ether oxygens (including phenoxy) is 3. The Kier molecular flexibility index (Phi) is 6.44. The molecule has 6 atom stereocenters. The summed E-state index contributed by atoms with van der Waals surface area (Å²) in [6, 6.07) is 6.85. The van der Waals surface area contributed by atoms with E-state index in [9.17, 15) is 24.5 Å². The number of ketones is 1. The quantitative estimate of drug-likeness (QED) is 0.283. The number of hydrogen-bond donors (Lipinski definition) is 0. The molecule has 1 aliphatic heterocycles. The number of allylic oxidation sites excluding steroid dienone is 2. The molecular weight excluding hydrogens is 506 g/mol. The Hall–Kier alpha value is -4.21. The van der Waals surface area contributed by atoms with Crippen LogP contribution in [0.2, 0.25) is 0 Å². The maximum absolute atomic E-state index is 14.2. The van der Waals surface area contributed by atoms with E-state index in [1.807, 2.05) is 13.8 Å². The van der Waals surface area contributed by atoms with Gasteiger partial charge in [0.15, 0.2) is 5.76 Å². The first-order chi connectivity index (χ1) is 18.5. The number of nitro groups is 1. The van der Waals surface area contributed by atoms with Crippen molar-refractivity contribution in [1.29, 1.82) is 0 Å². The van der Waals surface area contributed by atoms with Crippen LogP contribution < -0.4 is 0 Å². The van der Waals surface area contributed by atoms with Crippen LogP contribution in [0.15, 0.2) is 71.4 Å². The van der Waals surface area contributed by atoms with E-state index in [0.29, 0.717) is 25.0 Å². The number of rotatable bonds is 5. The Morgan fingerprint density at radius 3 is 2.64 bits per heavy atom. The van der Waals surface area contributed by atoms with Gasteiger partial charge in [-0.05, 0) is 48.3 Å². The average Bonchev–Trinajstić information content (AvgIpc) is 3.44. The maximum atomic E-state index is 14.2. The van der Waals surface area contributed by atoms with Crippen LogP contribution in [-0.4, -0.2) is 29.8 Å². The van der Waals surface area contributed by atoms with Gasteiger partial charge in [0.25, 0.3) is 5.69 Å². The number of fused-ring (bicyclic) bond motifs is 3. The minimum absolute atomic E-state index is 0.0898. The van der Waals surface area contributed by atoms with Crippen molar-refractivity contribution in [3.63, 3.8) is 0 Å². The first-order valence-corrected chi connectivity index (χ1v) is 12.7. The van der Waals surface area contributed by atoms with E-state index < -0.39 is 51.4 Å². The average molecular weight is 536 g/mol. The molecule has 39 heavy (non-hydrogen) atoms. The number of esters is 2. The number of Topliss-reactive ketones (excluding diaryl/α,β-unsaturated/α-hetero) is 1. The third-order valence-corrected chi connectivity index (χ3v) is 8.79. The third-order valence-electron chi connectivity index (χ3n) is 8.79. The Labute approximate surface area is 224 Å². The molecule has 1 saturated carbocycles. The van der Waals surface area contributed by atoms with Gasteiger partial charge in [-0.3, -0.25) is 19.7 Å². The summed E-state index contributed by atoms with van der Waals surface area (Å²) >= 11 is 0. The van der Waals surface area contributed by atoms with Crippen molar-refractivity contribution in [2.24, 2.45) is 28.6 Å². The molecule has 3 aliphatic rings. The number of methoxy groups -OCH3 is 1. The molecule has 2 aliphatic carbocycles. The van der Waals surface area contributed by atoms with Crippen LogP contribution in [0.1, 0.15) is 55.1 Å². The summed E-state index contributed by atoms with van der Waals surface area (Å²) in [4.78, 5) is 50.9. The van der Waals surface area contributed by atoms with E-state index >= 15 is 0 Å². The molecule has 2 heterocycles. The molecule has 0 radical (unpaired) electrons. The summed E-state index contributed by atoms with van der Waals surface area (Å²) in [6.07, 6.45) is 5.71. The second-order valence-corrected chi connectivity index (χ2v) is 11.0. The summed E-state index contributed by atoms with van der Waals surface area (Å²) < 4.78 is 22.1. The van der Waals surface area contributed by atoms with Gasteiger partial charge in [0.2, 0.25) is 5.78 Å². The number of hydrogen-bond acceptors (Lipinski definition) is 9. The molecular formula is C29H29NO9. The smallest absolute Gasteiger partial charge is 0.343 e. The topological polar surface area (TPSA) is 135 Å². The number of nitro benzene ring substituents is 1. The molecule has 0 N–H and O–H groups in total. The highest BCUT2D eigenvalue weighted by atomic mass is 16.6. The summed E-state index contributed by atoms with van der Waals surface area (Å²) in [6.45, 7) is 8.08. The fraction of sp³-hybridized carbons (Fsp3) is 0.414. The van der Waals surface area contributed by atoms with Crippen LogP contribution in [0.25, 0.3) is 0 Å². The summed E-state index contributed by atoms with van der Waals surface area (Å²) in [5.41, 5.74) is -1.10. The molecule has 5 rings (SSSR count). The predicted molar refractivity (Wildman–Crippen MR) is 136 cm³/mol. The van der Waals surface area contributed by atoms with Crippen LogP contribution in [0.5, 0.6) is 0 Å². The van der Waals surface area contributed by atoms with E-state index in [4.69, 9.17) is 18.6 Å². The van der Waals surface area contributed by atoms with Crippen molar-refractivity contribution < 1.29 is 37.9 Å². The van der Waals surface area contributed by atoms with Gasteiger partial charge in [-0.2, -0.15) is 0 Å². The van der Waals surface area contributed by atoms with Gasteiger partial charge < -0.3 is 18.6 Å². The van der Waals surface area contributed by atoms with E-state index in [2.05, 4.69) is 6.58 Å². The van der Waals surface area contributed by atoms with E-state index in [-0.39, 0.29) is 22.9 Å². The molecule has 2 aromatic rings. The van der Waals surface area contributed by atoms with Crippen molar-refractivity contribution in [3.05, 3.63) is 88.3 Å². The monoisotopic (exact) mass is 535 g/mol. The highest BCUT2D eigenvalue weighted by molar-refractivity contribution is 6.03. The number of furan rings is 1. The van der Waals surface area contributed by atoms with Crippen molar-refractivity contribution >= 4 is 23.4 Å². The molecule has 1 aromatic heterocycles. The van der Waals surface area contributed by atoms with Crippen LogP contribution in [-0.2, 0) is 23.8 Å². The molecule has 10 nitrogen and oxygen atoms in total. The lowest BCUT2D eigenvalue weighted by atomic mass is 9.44. The SMILES string of the molecule is C=C1O[C@H](c2ccoc2)C[C@]2(C)[C@H]3C(=O)C(OC(=O)c4cccc([N+](=O)[O-])c4)=C[C@@H](C(=O)OC)[C@]3(C)CC[C@@H]12. The minimum atomic E-state index is -0.935. The van der Waals surface area contributed by atoms with Gasteiger partial charge in [0, 0.05) is 29.5 Å². The van der Waals surface area contributed by atoms with Gasteiger partial charge >= 0.3 is 11.9 Å². The summed E-state index contributed by atoms with van der Waals surface area (Å²) in [5, 5.41) is 11.2. The van der Waals surface area contributed by atoms with Crippen molar-refractivity contribution in [2.45, 2.75) is 39.2 Å². The zero-order chi connectivity index (χ0) is 28.1. The van der Waals surface area contributed by atoms with Crippen molar-refractivity contribution in [1.82, 2.24) is 0 Å². The maximum Gasteiger partial charge on any atom is 0.343 e. The van der Waals surface area contributed by atoms with Crippen LogP contribution in [0.3, 0.4) is 0 Å². The van der Waals surface area contributed by atoms with E-state index in [1.54, 1.807) is 18.6 Å². The summed E-state index contributed by atoms with van der Waals surface area (Å²) in [5.74, 6) is -3.38. The number of benzene rings is 1. The highest BCUT2D eigenvalue weighted by Crippen LogP contribution is 2.66. The molecule has 204 valence electrons. The molecule has 1 aromatic carbocycles. The van der Waals surface area contributed by atoms with Crippen LogP contribution >= 0.6 is 0 Å². The Bertz CT molecular complexity index is 1390. The summed E-state index contributed by atoms with van der Waals surface area (Å²) in [7, 11) is 1.28. The van der Waals surface area contributed by atoms with Gasteiger partial charge in [-0.15, -0.1) is 0 Å². The van der Waals surface area contributed by atoms with Gasteiger partial charge in [0.1, 0.15) is 6.10 Å². The number of carbonyl (C=O) groups is 3. The lowest BCUT2D eigenvalue weighted by Gasteiger charge is -2.60. The van der Waals surface area contributed by atoms with E-state index in [0.717, 1.165) is 11.6 Å². The fourth-order valence-electron chi connectivity index (χ4n) is 6.98. The number of nitrogens with zero attached hydrogens (tertiary/aromatic N) is 1. The fourth-order valence-corrected chi connectivity index (χ4v) is 6.98. The Morgan fingerprint density at radius 2 is 1.97 bits per heavy atom. The first kappa shape index (κ1) is 26.4. The first-order valence-electron chi connectivity index (χ1n) is 12.7. The highest BCUT2D eigenvalue weighted by Gasteiger charge is 2.65. The normalized spacial score (nSPS) is 31.7. The van der Waals surface area contributed by atoms with Crippen molar-refractivity contribution in [3.8, 4) is 0 Å². The largest absolute Gasteiger partial charge is 0.490 e. The van der Waals surface area contributed by atoms with Crippen LogP contribution in [0, 0.1) is 38.7 Å². The lowest BCUT2D eigenvalue weighted by molar-refractivity contribution is -0.384. The van der Waals surface area contributed by atoms with Gasteiger partial charge in [-0.1, -0.05) is 26.5 Å². The standard InChI is InChI=1S/C29H29NO9/c1-16-20-8-10-28(2)21(27(33)36-4)13-22(39-26(32)17-6-5-7-19(12-17)30(34)35)24(31)25(28)29(20,3)14-23(38-16)18-9-11-37-15-18/h5-7,9,11-13,15,20-21,23,25H,1,8,10,14H2,2-4H3/t20-,21-,23-,25-,28-,29-/m0/s1. The van der Waals surface area contributed by atoms with Gasteiger partial charge in [-0.25, -0.2) is 4.79 Å². The molecule has 2 fully saturated rings. The second kappa shape index (κ2) is 9.52. The molecule has 0 amide bonds. The molecule has 0 unspecified atom stereocenters. The Balaban J connectivity index is 1.56. The molecule has 10 heteroatoms. The number of non-ortho nitro benzene ring substituents is 1. The zero-order valence-electron chi connectivity index (χ0n) is 21.9. The zero-order valence-corrected chi connectivity index (χ0v) is 21.9. The van der Waals surface area contributed by atoms with Crippen molar-refractivity contribution in [2.75, 3.05) is 7.11 Å². The lowest BCUT2D eigenvalue weighted by Crippen LogP contribution is -2.60.